The van der Waals surface area contributed by atoms with Crippen molar-refractivity contribution >= 4 is 5.97 Å². The summed E-state index contributed by atoms with van der Waals surface area (Å²) in [5.41, 5.74) is 6.95. The zero-order chi connectivity index (χ0) is 11.8. The first-order valence-electron chi connectivity index (χ1n) is 5.23. The molecule has 0 atom stereocenters. The van der Waals surface area contributed by atoms with Gasteiger partial charge in [0.25, 0.3) is 0 Å². The van der Waals surface area contributed by atoms with Crippen LogP contribution in [0.2, 0.25) is 0 Å². The summed E-state index contributed by atoms with van der Waals surface area (Å²) in [7, 11) is 1.62. The first-order valence-corrected chi connectivity index (χ1v) is 5.23. The zero-order valence-electron chi connectivity index (χ0n) is 9.44. The summed E-state index contributed by atoms with van der Waals surface area (Å²) in [6, 6.07) is 7.14. The summed E-state index contributed by atoms with van der Waals surface area (Å²) in [5.74, 6) is -0.314. The van der Waals surface area contributed by atoms with Crippen LogP contribution >= 0.6 is 0 Å². The van der Waals surface area contributed by atoms with E-state index >= 15 is 0 Å². The molecule has 1 rings (SSSR count). The van der Waals surface area contributed by atoms with E-state index in [1.165, 1.54) is 0 Å². The van der Waals surface area contributed by atoms with Crippen molar-refractivity contribution in [2.75, 3.05) is 20.3 Å². The number of rotatable bonds is 6. The number of ether oxygens (including phenoxy) is 2. The van der Waals surface area contributed by atoms with Gasteiger partial charge in [0.05, 0.1) is 12.2 Å². The van der Waals surface area contributed by atoms with Gasteiger partial charge in [0, 0.05) is 26.7 Å². The maximum absolute atomic E-state index is 11.6. The number of esters is 1. The van der Waals surface area contributed by atoms with Crippen LogP contribution in [0.15, 0.2) is 24.3 Å². The molecule has 4 heteroatoms. The lowest BCUT2D eigenvalue weighted by Crippen LogP contribution is -2.08. The summed E-state index contributed by atoms with van der Waals surface area (Å²) in [6.45, 7) is 1.39. The molecule has 0 aliphatic heterocycles. The third-order valence-electron chi connectivity index (χ3n) is 2.12. The molecule has 0 amide bonds. The molecule has 0 aliphatic carbocycles. The number of carbonyl (C=O) groups excluding carboxylic acids is 1. The molecular weight excluding hydrogens is 206 g/mol. The Morgan fingerprint density at radius 2 is 2.19 bits per heavy atom. The minimum Gasteiger partial charge on any atom is -0.462 e. The Labute approximate surface area is 95.3 Å². The first kappa shape index (κ1) is 12.7. The summed E-state index contributed by atoms with van der Waals surface area (Å²) < 4.78 is 9.93. The van der Waals surface area contributed by atoms with E-state index in [-0.39, 0.29) is 5.97 Å². The molecule has 16 heavy (non-hydrogen) atoms. The molecule has 0 saturated heterocycles. The number of methoxy groups -OCH3 is 1. The van der Waals surface area contributed by atoms with Crippen LogP contribution in [0, 0.1) is 0 Å². The van der Waals surface area contributed by atoms with Gasteiger partial charge < -0.3 is 15.2 Å². The van der Waals surface area contributed by atoms with E-state index in [4.69, 9.17) is 15.2 Å². The predicted octanol–water partition coefficient (Wildman–Crippen LogP) is 1.34. The van der Waals surface area contributed by atoms with Crippen LogP contribution in [0.25, 0.3) is 0 Å². The standard InChI is InChI=1S/C12H17NO3/c1-15-6-3-7-16-12(14)11-5-2-4-10(8-11)9-13/h2,4-5,8H,3,6-7,9,13H2,1H3. The maximum atomic E-state index is 11.6. The van der Waals surface area contributed by atoms with E-state index in [9.17, 15) is 4.79 Å². The Morgan fingerprint density at radius 3 is 2.88 bits per heavy atom. The zero-order valence-corrected chi connectivity index (χ0v) is 9.44. The van der Waals surface area contributed by atoms with Gasteiger partial charge >= 0.3 is 5.97 Å². The lowest BCUT2D eigenvalue weighted by Gasteiger charge is -2.05. The first-order chi connectivity index (χ1) is 7.77. The molecular formula is C12H17NO3. The summed E-state index contributed by atoms with van der Waals surface area (Å²) in [5, 5.41) is 0. The van der Waals surface area contributed by atoms with Gasteiger partial charge in [0.2, 0.25) is 0 Å². The molecule has 1 aromatic carbocycles. The molecule has 0 spiro atoms. The van der Waals surface area contributed by atoms with Crippen LogP contribution in [0.1, 0.15) is 22.3 Å². The normalized spacial score (nSPS) is 10.1. The van der Waals surface area contributed by atoms with E-state index in [2.05, 4.69) is 0 Å². The topological polar surface area (TPSA) is 61.5 Å². The molecule has 1 aromatic rings. The van der Waals surface area contributed by atoms with Crippen LogP contribution in [-0.2, 0) is 16.0 Å². The summed E-state index contributed by atoms with van der Waals surface area (Å²) in [6.07, 6.45) is 0.707. The van der Waals surface area contributed by atoms with Crippen molar-refractivity contribution in [2.45, 2.75) is 13.0 Å². The molecule has 0 fully saturated rings. The number of hydrogen-bond donors (Lipinski definition) is 1. The maximum Gasteiger partial charge on any atom is 0.338 e. The SMILES string of the molecule is COCCCOC(=O)c1cccc(CN)c1. The van der Waals surface area contributed by atoms with Gasteiger partial charge in [-0.1, -0.05) is 12.1 Å². The molecule has 0 aliphatic rings. The quantitative estimate of drug-likeness (QED) is 0.584. The second kappa shape index (κ2) is 6.98. The summed E-state index contributed by atoms with van der Waals surface area (Å²) >= 11 is 0. The van der Waals surface area contributed by atoms with Gasteiger partial charge in [0.1, 0.15) is 0 Å². The smallest absolute Gasteiger partial charge is 0.338 e. The highest BCUT2D eigenvalue weighted by Crippen LogP contribution is 2.06. The van der Waals surface area contributed by atoms with Crippen LogP contribution < -0.4 is 5.73 Å². The minimum absolute atomic E-state index is 0.314. The highest BCUT2D eigenvalue weighted by atomic mass is 16.5. The third kappa shape index (κ3) is 4.00. The van der Waals surface area contributed by atoms with Crippen LogP contribution in [-0.4, -0.2) is 26.3 Å². The van der Waals surface area contributed by atoms with E-state index < -0.39 is 0 Å². The van der Waals surface area contributed by atoms with E-state index in [1.807, 2.05) is 6.07 Å². The highest BCUT2D eigenvalue weighted by Gasteiger charge is 2.06. The number of benzene rings is 1. The van der Waals surface area contributed by atoms with Crippen molar-refractivity contribution in [1.82, 2.24) is 0 Å². The van der Waals surface area contributed by atoms with Crippen LogP contribution in [0.4, 0.5) is 0 Å². The van der Waals surface area contributed by atoms with Crippen LogP contribution in [0.3, 0.4) is 0 Å². The van der Waals surface area contributed by atoms with Crippen molar-refractivity contribution in [1.29, 1.82) is 0 Å². The molecule has 0 heterocycles. The number of nitrogens with two attached hydrogens (primary N) is 1. The van der Waals surface area contributed by atoms with Crippen molar-refractivity contribution in [3.63, 3.8) is 0 Å². The Hall–Kier alpha value is -1.39. The monoisotopic (exact) mass is 223 g/mol. The van der Waals surface area contributed by atoms with Gasteiger partial charge in [-0.05, 0) is 17.7 Å². The number of carbonyl (C=O) groups is 1. The highest BCUT2D eigenvalue weighted by molar-refractivity contribution is 5.89. The lowest BCUT2D eigenvalue weighted by molar-refractivity contribution is 0.0468. The van der Waals surface area contributed by atoms with E-state index in [1.54, 1.807) is 25.3 Å². The van der Waals surface area contributed by atoms with Crippen LogP contribution in [0.5, 0.6) is 0 Å². The van der Waals surface area contributed by atoms with Gasteiger partial charge in [0.15, 0.2) is 0 Å². The number of hydrogen-bond acceptors (Lipinski definition) is 4. The lowest BCUT2D eigenvalue weighted by atomic mass is 10.1. The van der Waals surface area contributed by atoms with Crippen molar-refractivity contribution < 1.29 is 14.3 Å². The van der Waals surface area contributed by atoms with Crippen molar-refractivity contribution in [3.05, 3.63) is 35.4 Å². The predicted molar refractivity (Wildman–Crippen MR) is 61.1 cm³/mol. The Kier molecular flexibility index (Phi) is 5.53. The van der Waals surface area contributed by atoms with Crippen molar-refractivity contribution in [2.24, 2.45) is 5.73 Å². The molecule has 0 saturated carbocycles. The molecule has 4 nitrogen and oxygen atoms in total. The molecule has 0 unspecified atom stereocenters. The van der Waals surface area contributed by atoms with Gasteiger partial charge in [-0.3, -0.25) is 0 Å². The molecule has 0 bridgehead atoms. The molecule has 0 radical (unpaired) electrons. The van der Waals surface area contributed by atoms with E-state index in [0.717, 1.165) is 5.56 Å². The molecule has 0 aromatic heterocycles. The average molecular weight is 223 g/mol. The Bertz CT molecular complexity index is 339. The second-order valence-corrected chi connectivity index (χ2v) is 3.39. The average Bonchev–Trinajstić information content (AvgIpc) is 2.34. The Morgan fingerprint density at radius 1 is 1.38 bits per heavy atom. The van der Waals surface area contributed by atoms with Gasteiger partial charge in [-0.15, -0.1) is 0 Å². The Balaban J connectivity index is 2.46. The van der Waals surface area contributed by atoms with Crippen molar-refractivity contribution in [3.8, 4) is 0 Å². The second-order valence-electron chi connectivity index (χ2n) is 3.39. The fraction of sp³-hybridized carbons (Fsp3) is 0.417. The third-order valence-corrected chi connectivity index (χ3v) is 2.12. The van der Waals surface area contributed by atoms with Gasteiger partial charge in [-0.2, -0.15) is 0 Å². The fourth-order valence-electron chi connectivity index (χ4n) is 1.28. The fourth-order valence-corrected chi connectivity index (χ4v) is 1.28. The minimum atomic E-state index is -0.314. The molecule has 88 valence electrons. The summed E-state index contributed by atoms with van der Waals surface area (Å²) in [4.78, 5) is 11.6. The van der Waals surface area contributed by atoms with Gasteiger partial charge in [-0.25, -0.2) is 4.79 Å². The largest absolute Gasteiger partial charge is 0.462 e. The van der Waals surface area contributed by atoms with E-state index in [0.29, 0.717) is 31.7 Å². The molecule has 2 N–H and O–H groups in total.